The number of nitro groups is 1. The maximum absolute atomic E-state index is 12.8. The molecule has 1 aromatic rings. The van der Waals surface area contributed by atoms with Gasteiger partial charge in [0.2, 0.25) is 0 Å². The fraction of sp³-hybridized carbons (Fsp3) is 0.412. The molecule has 6 nitrogen and oxygen atoms in total. The Kier molecular flexibility index (Phi) is 5.39. The molecule has 0 atom stereocenters. The Labute approximate surface area is 155 Å². The predicted molar refractivity (Wildman–Crippen MR) is 102 cm³/mol. The molecule has 1 aliphatic heterocycles. The van der Waals surface area contributed by atoms with E-state index in [1.165, 1.54) is 43.5 Å². The van der Waals surface area contributed by atoms with Gasteiger partial charge in [0.25, 0.3) is 11.6 Å². The van der Waals surface area contributed by atoms with Gasteiger partial charge in [-0.25, -0.2) is 0 Å². The molecule has 0 aromatic heterocycles. The lowest BCUT2D eigenvalue weighted by atomic mass is 9.94. The molecule has 0 bridgehead atoms. The van der Waals surface area contributed by atoms with E-state index in [4.69, 9.17) is 17.0 Å². The summed E-state index contributed by atoms with van der Waals surface area (Å²) in [6.07, 6.45) is 7.00. The van der Waals surface area contributed by atoms with Gasteiger partial charge in [-0.15, -0.1) is 0 Å². The molecule has 1 saturated heterocycles. The number of benzene rings is 1. The third kappa shape index (κ3) is 3.69. The van der Waals surface area contributed by atoms with E-state index in [-0.39, 0.29) is 17.6 Å². The molecule has 0 N–H and O–H groups in total. The van der Waals surface area contributed by atoms with Gasteiger partial charge in [0.15, 0.2) is 0 Å². The smallest absolute Gasteiger partial charge is 0.270 e. The van der Waals surface area contributed by atoms with Crippen LogP contribution in [-0.2, 0) is 4.79 Å². The highest BCUT2D eigenvalue weighted by molar-refractivity contribution is 8.26. The number of nitrogens with zero attached hydrogens (tertiary/aromatic N) is 2. The van der Waals surface area contributed by atoms with E-state index in [0.717, 1.165) is 25.7 Å². The highest BCUT2D eigenvalue weighted by Crippen LogP contribution is 2.38. The molecule has 1 aromatic carbocycles. The van der Waals surface area contributed by atoms with Gasteiger partial charge in [-0.3, -0.25) is 19.8 Å². The minimum absolute atomic E-state index is 0.0465. The fourth-order valence-corrected chi connectivity index (χ4v) is 4.61. The quantitative estimate of drug-likeness (QED) is 0.339. The van der Waals surface area contributed by atoms with Crippen LogP contribution in [0.2, 0.25) is 0 Å². The van der Waals surface area contributed by atoms with Crippen LogP contribution in [0, 0.1) is 10.1 Å². The summed E-state index contributed by atoms with van der Waals surface area (Å²) in [6, 6.07) is 4.49. The van der Waals surface area contributed by atoms with Crippen LogP contribution in [-0.4, -0.2) is 33.2 Å². The number of thioether (sulfide) groups is 1. The highest BCUT2D eigenvalue weighted by Gasteiger charge is 2.37. The Balaban J connectivity index is 1.91. The Hall–Kier alpha value is -1.93. The van der Waals surface area contributed by atoms with E-state index in [1.807, 2.05) is 0 Å². The molecule has 0 spiro atoms. The number of hydrogen-bond donors (Lipinski definition) is 0. The van der Waals surface area contributed by atoms with Gasteiger partial charge in [-0.2, -0.15) is 0 Å². The van der Waals surface area contributed by atoms with Crippen LogP contribution < -0.4 is 4.74 Å². The Morgan fingerprint density at radius 2 is 2.08 bits per heavy atom. The normalized spacial score (nSPS) is 20.4. The monoisotopic (exact) mass is 378 g/mol. The molecule has 1 amide bonds. The minimum atomic E-state index is -0.468. The summed E-state index contributed by atoms with van der Waals surface area (Å²) < 4.78 is 5.82. The number of thiocarbonyl (C=S) groups is 1. The SMILES string of the molecule is COc1ccc([N+](=O)[O-])cc1/C=C1\SC(=S)N(C2CCCCC2)C1=O. The molecule has 1 aliphatic carbocycles. The molecule has 25 heavy (non-hydrogen) atoms. The maximum atomic E-state index is 12.8. The molecule has 8 heteroatoms. The summed E-state index contributed by atoms with van der Waals surface area (Å²) in [6.45, 7) is 0. The lowest BCUT2D eigenvalue weighted by Gasteiger charge is -2.29. The number of ether oxygens (including phenoxy) is 1. The summed E-state index contributed by atoms with van der Waals surface area (Å²) in [7, 11) is 1.49. The average molecular weight is 378 g/mol. The standard InChI is InChI=1S/C17H18N2O4S2/c1-23-14-8-7-13(19(21)22)9-11(14)10-15-16(20)18(17(24)25-15)12-5-3-2-4-6-12/h7-10,12H,2-6H2,1H3/b15-10-. The van der Waals surface area contributed by atoms with Crippen LogP contribution in [0.3, 0.4) is 0 Å². The van der Waals surface area contributed by atoms with Crippen molar-refractivity contribution in [2.75, 3.05) is 7.11 Å². The number of methoxy groups -OCH3 is 1. The largest absolute Gasteiger partial charge is 0.496 e. The van der Waals surface area contributed by atoms with Crippen LogP contribution in [0.5, 0.6) is 5.75 Å². The van der Waals surface area contributed by atoms with Crippen molar-refractivity contribution in [1.29, 1.82) is 0 Å². The second-order valence-corrected chi connectivity index (χ2v) is 7.70. The lowest BCUT2D eigenvalue weighted by molar-refractivity contribution is -0.384. The third-order valence-electron chi connectivity index (χ3n) is 4.47. The molecule has 132 valence electrons. The van der Waals surface area contributed by atoms with Crippen LogP contribution in [0.4, 0.5) is 5.69 Å². The Bertz CT molecular complexity index is 757. The Morgan fingerprint density at radius 1 is 1.36 bits per heavy atom. The van der Waals surface area contributed by atoms with Gasteiger partial charge in [0.05, 0.1) is 16.9 Å². The number of non-ortho nitro benzene ring substituents is 1. The first-order valence-corrected chi connectivity index (χ1v) is 9.33. The van der Waals surface area contributed by atoms with E-state index in [2.05, 4.69) is 0 Å². The van der Waals surface area contributed by atoms with Crippen molar-refractivity contribution < 1.29 is 14.5 Å². The van der Waals surface area contributed by atoms with E-state index >= 15 is 0 Å². The van der Waals surface area contributed by atoms with Crippen molar-refractivity contribution in [3.8, 4) is 5.75 Å². The number of carbonyl (C=O) groups is 1. The first-order chi connectivity index (χ1) is 12.0. The molecule has 0 unspecified atom stereocenters. The highest BCUT2D eigenvalue weighted by atomic mass is 32.2. The molecule has 0 radical (unpaired) electrons. The van der Waals surface area contributed by atoms with Crippen molar-refractivity contribution in [1.82, 2.24) is 4.90 Å². The zero-order valence-electron chi connectivity index (χ0n) is 13.8. The van der Waals surface area contributed by atoms with Crippen molar-refractivity contribution >= 4 is 46.0 Å². The van der Waals surface area contributed by atoms with Gasteiger partial charge in [-0.05, 0) is 25.0 Å². The van der Waals surface area contributed by atoms with Gasteiger partial charge >= 0.3 is 0 Å². The molecular weight excluding hydrogens is 360 g/mol. The number of carbonyl (C=O) groups excluding carboxylic acids is 1. The van der Waals surface area contributed by atoms with Crippen LogP contribution in [0.25, 0.3) is 6.08 Å². The topological polar surface area (TPSA) is 72.7 Å². The Morgan fingerprint density at radius 3 is 2.72 bits per heavy atom. The molecule has 1 saturated carbocycles. The summed E-state index contributed by atoms with van der Waals surface area (Å²) in [5.41, 5.74) is 0.454. The van der Waals surface area contributed by atoms with Gasteiger partial charge in [0, 0.05) is 23.7 Å². The first kappa shape index (κ1) is 17.9. The van der Waals surface area contributed by atoms with Crippen molar-refractivity contribution in [3.05, 3.63) is 38.8 Å². The predicted octanol–water partition coefficient (Wildman–Crippen LogP) is 4.14. The summed E-state index contributed by atoms with van der Waals surface area (Å²) >= 11 is 6.66. The summed E-state index contributed by atoms with van der Waals surface area (Å²) in [5.74, 6) is 0.365. The molecule has 2 aliphatic rings. The molecule has 3 rings (SSSR count). The van der Waals surface area contributed by atoms with E-state index < -0.39 is 4.92 Å². The third-order valence-corrected chi connectivity index (χ3v) is 5.80. The van der Waals surface area contributed by atoms with E-state index in [1.54, 1.807) is 11.0 Å². The first-order valence-electron chi connectivity index (χ1n) is 8.10. The van der Waals surface area contributed by atoms with Gasteiger partial charge < -0.3 is 4.74 Å². The summed E-state index contributed by atoms with van der Waals surface area (Å²) in [5, 5.41) is 11.0. The van der Waals surface area contributed by atoms with Crippen molar-refractivity contribution in [2.24, 2.45) is 0 Å². The van der Waals surface area contributed by atoms with E-state index in [0.29, 0.717) is 20.5 Å². The van der Waals surface area contributed by atoms with E-state index in [9.17, 15) is 14.9 Å². The lowest BCUT2D eigenvalue weighted by Crippen LogP contribution is -2.39. The average Bonchev–Trinajstić information content (AvgIpc) is 2.89. The minimum Gasteiger partial charge on any atom is -0.496 e. The van der Waals surface area contributed by atoms with Crippen LogP contribution >= 0.6 is 24.0 Å². The van der Waals surface area contributed by atoms with Crippen molar-refractivity contribution in [3.63, 3.8) is 0 Å². The molecule has 1 heterocycles. The zero-order valence-corrected chi connectivity index (χ0v) is 15.4. The number of amides is 1. The number of hydrogen-bond acceptors (Lipinski definition) is 6. The summed E-state index contributed by atoms with van der Waals surface area (Å²) in [4.78, 5) is 25.6. The van der Waals surface area contributed by atoms with Gasteiger partial charge in [0.1, 0.15) is 10.1 Å². The number of nitro benzene ring substituents is 1. The second kappa shape index (κ2) is 7.53. The van der Waals surface area contributed by atoms with Crippen molar-refractivity contribution in [2.45, 2.75) is 38.1 Å². The number of rotatable bonds is 4. The molecular formula is C17H18N2O4S2. The second-order valence-electron chi connectivity index (χ2n) is 6.03. The van der Waals surface area contributed by atoms with Gasteiger partial charge in [-0.1, -0.05) is 43.2 Å². The maximum Gasteiger partial charge on any atom is 0.270 e. The fourth-order valence-electron chi connectivity index (χ4n) is 3.22. The van der Waals surface area contributed by atoms with Crippen LogP contribution in [0.1, 0.15) is 37.7 Å². The zero-order chi connectivity index (χ0) is 18.0. The molecule has 2 fully saturated rings. The van der Waals surface area contributed by atoms with Crippen LogP contribution in [0.15, 0.2) is 23.1 Å².